The van der Waals surface area contributed by atoms with E-state index in [1.54, 1.807) is 32.0 Å². The number of carboxylic acid groups (broad SMARTS) is 1. The van der Waals surface area contributed by atoms with Crippen LogP contribution in [-0.4, -0.2) is 23.5 Å². The molecule has 25 heavy (non-hydrogen) atoms. The minimum absolute atomic E-state index is 0.0243. The Morgan fingerprint density at radius 2 is 2.08 bits per heavy atom. The van der Waals surface area contributed by atoms with Gasteiger partial charge in [0.05, 0.1) is 17.4 Å². The van der Waals surface area contributed by atoms with Crippen LogP contribution in [0.5, 0.6) is 5.75 Å². The fraction of sp³-hybridized carbons (Fsp3) is 0.263. The molecule has 1 amide bonds. The van der Waals surface area contributed by atoms with E-state index in [1.165, 1.54) is 17.2 Å². The number of hydrogen-bond donors (Lipinski definition) is 1. The Bertz CT molecular complexity index is 849. The highest BCUT2D eigenvalue weighted by Gasteiger charge is 2.37. The molecule has 0 atom stereocenters. The van der Waals surface area contributed by atoms with Gasteiger partial charge in [0.25, 0.3) is 5.91 Å². The third-order valence-corrected chi connectivity index (χ3v) is 4.03. The van der Waals surface area contributed by atoms with Crippen LogP contribution < -0.4 is 9.64 Å². The predicted octanol–water partition coefficient (Wildman–Crippen LogP) is 3.47. The summed E-state index contributed by atoms with van der Waals surface area (Å²) in [5.74, 6) is -0.297. The monoisotopic (exact) mass is 341 g/mol. The van der Waals surface area contributed by atoms with E-state index in [9.17, 15) is 14.7 Å². The lowest BCUT2D eigenvalue weighted by atomic mass is 9.92. The van der Waals surface area contributed by atoms with E-state index in [4.69, 9.17) is 9.15 Å². The molecular formula is C19H19NO5. The minimum Gasteiger partial charge on any atom is -0.481 e. The summed E-state index contributed by atoms with van der Waals surface area (Å²) >= 11 is 0. The second kappa shape index (κ2) is 6.12. The summed E-state index contributed by atoms with van der Waals surface area (Å²) in [6, 6.07) is 8.88. The van der Waals surface area contributed by atoms with Crippen molar-refractivity contribution < 1.29 is 23.8 Å². The largest absolute Gasteiger partial charge is 0.481 e. The van der Waals surface area contributed by atoms with Gasteiger partial charge in [-0.25, -0.2) is 0 Å². The van der Waals surface area contributed by atoms with E-state index in [2.05, 4.69) is 0 Å². The van der Waals surface area contributed by atoms with Gasteiger partial charge in [-0.05, 0) is 50.6 Å². The normalized spacial score (nSPS) is 15.9. The number of carbonyl (C=O) groups excluding carboxylic acids is 1. The van der Waals surface area contributed by atoms with Crippen LogP contribution in [0.2, 0.25) is 0 Å². The van der Waals surface area contributed by atoms with Crippen molar-refractivity contribution in [2.24, 2.45) is 5.41 Å². The number of furan rings is 1. The Balaban J connectivity index is 2.06. The van der Waals surface area contributed by atoms with E-state index < -0.39 is 17.3 Å². The lowest BCUT2D eigenvalue weighted by Gasteiger charge is -2.34. The van der Waals surface area contributed by atoms with Crippen molar-refractivity contribution in [2.45, 2.75) is 20.8 Å². The molecule has 2 aromatic rings. The number of carbonyl (C=O) groups is 2. The molecule has 130 valence electrons. The van der Waals surface area contributed by atoms with Gasteiger partial charge in [-0.1, -0.05) is 6.07 Å². The van der Waals surface area contributed by atoms with Crippen LogP contribution >= 0.6 is 0 Å². The molecule has 6 heteroatoms. The summed E-state index contributed by atoms with van der Waals surface area (Å²) < 4.78 is 11.0. The molecular weight excluding hydrogens is 322 g/mol. The second-order valence-electron chi connectivity index (χ2n) is 6.68. The first-order chi connectivity index (χ1) is 11.8. The number of aliphatic carboxylic acids is 1. The van der Waals surface area contributed by atoms with Crippen molar-refractivity contribution >= 4 is 23.6 Å². The number of amides is 1. The topological polar surface area (TPSA) is 80.0 Å². The first-order valence-electron chi connectivity index (χ1n) is 7.87. The smallest absolute Gasteiger partial charge is 0.310 e. The van der Waals surface area contributed by atoms with Crippen LogP contribution in [0.25, 0.3) is 6.08 Å². The number of nitrogens with zero attached hydrogens (tertiary/aromatic N) is 1. The fourth-order valence-corrected chi connectivity index (χ4v) is 2.54. The summed E-state index contributed by atoms with van der Waals surface area (Å²) in [5, 5.41) is 9.44. The molecule has 6 nitrogen and oxygen atoms in total. The van der Waals surface area contributed by atoms with Crippen LogP contribution in [0, 0.1) is 12.3 Å². The van der Waals surface area contributed by atoms with E-state index >= 15 is 0 Å². The van der Waals surface area contributed by atoms with Gasteiger partial charge in [0.15, 0.2) is 11.5 Å². The minimum atomic E-state index is -1.11. The quantitative estimate of drug-likeness (QED) is 0.862. The number of benzene rings is 1. The Kier molecular flexibility index (Phi) is 4.12. The average molecular weight is 341 g/mol. The maximum absolute atomic E-state index is 12.9. The zero-order valence-corrected chi connectivity index (χ0v) is 14.3. The number of fused-ring (bicyclic) bond motifs is 1. The molecule has 1 aromatic heterocycles. The highest BCUT2D eigenvalue weighted by atomic mass is 16.5. The molecule has 1 aliphatic heterocycles. The van der Waals surface area contributed by atoms with Gasteiger partial charge in [0.1, 0.15) is 5.76 Å². The summed E-state index contributed by atoms with van der Waals surface area (Å²) in [5.41, 5.74) is 0.409. The Morgan fingerprint density at radius 3 is 2.72 bits per heavy atom. The molecule has 3 rings (SSSR count). The predicted molar refractivity (Wildman–Crippen MR) is 92.3 cm³/mol. The molecule has 0 spiro atoms. The SMILES string of the molecule is Cc1ccc2c(c1)N(CC(C)(C)C(=O)O)C(=O)/C(=C\c1ccco1)O2. The number of hydrogen-bond acceptors (Lipinski definition) is 4. The van der Waals surface area contributed by atoms with Crippen molar-refractivity contribution in [1.82, 2.24) is 0 Å². The summed E-state index contributed by atoms with van der Waals surface area (Å²) in [6.45, 7) is 5.10. The molecule has 0 fully saturated rings. The van der Waals surface area contributed by atoms with Gasteiger partial charge >= 0.3 is 5.97 Å². The number of ether oxygens (including phenoxy) is 1. The Morgan fingerprint density at radius 1 is 1.32 bits per heavy atom. The van der Waals surface area contributed by atoms with E-state index in [-0.39, 0.29) is 12.3 Å². The molecule has 1 aliphatic rings. The van der Waals surface area contributed by atoms with Gasteiger partial charge in [0.2, 0.25) is 0 Å². The number of anilines is 1. The zero-order chi connectivity index (χ0) is 18.2. The maximum Gasteiger partial charge on any atom is 0.310 e. The van der Waals surface area contributed by atoms with E-state index in [0.717, 1.165) is 5.56 Å². The first-order valence-corrected chi connectivity index (χ1v) is 7.87. The first kappa shape index (κ1) is 16.8. The molecule has 0 saturated heterocycles. The lowest BCUT2D eigenvalue weighted by Crippen LogP contribution is -2.45. The molecule has 1 N–H and O–H groups in total. The van der Waals surface area contributed by atoms with Gasteiger partial charge in [-0.3, -0.25) is 9.59 Å². The van der Waals surface area contributed by atoms with Crippen molar-refractivity contribution in [3.05, 3.63) is 53.7 Å². The lowest BCUT2D eigenvalue weighted by molar-refractivity contribution is -0.146. The van der Waals surface area contributed by atoms with Crippen LogP contribution in [0.4, 0.5) is 5.69 Å². The highest BCUT2D eigenvalue weighted by Crippen LogP contribution is 2.38. The van der Waals surface area contributed by atoms with Crippen molar-refractivity contribution in [3.63, 3.8) is 0 Å². The zero-order valence-electron chi connectivity index (χ0n) is 14.3. The summed E-state index contributed by atoms with van der Waals surface area (Å²) in [7, 11) is 0. The van der Waals surface area contributed by atoms with E-state index in [1.807, 2.05) is 19.1 Å². The molecule has 0 aliphatic carbocycles. The molecule has 0 saturated carbocycles. The number of aryl methyl sites for hydroxylation is 1. The number of carboxylic acids is 1. The second-order valence-corrected chi connectivity index (χ2v) is 6.68. The average Bonchev–Trinajstić information content (AvgIpc) is 3.05. The van der Waals surface area contributed by atoms with Crippen molar-refractivity contribution in [1.29, 1.82) is 0 Å². The standard InChI is InChI=1S/C19H19NO5/c1-12-6-7-15-14(9-12)20(11-19(2,3)18(22)23)17(21)16(25-15)10-13-5-4-8-24-13/h4-10H,11H2,1-3H3,(H,22,23)/b16-10+. The van der Waals surface area contributed by atoms with Crippen LogP contribution in [0.1, 0.15) is 25.2 Å². The van der Waals surface area contributed by atoms with Crippen LogP contribution in [0.3, 0.4) is 0 Å². The van der Waals surface area contributed by atoms with Crippen LogP contribution in [0.15, 0.2) is 46.8 Å². The molecule has 1 aromatic carbocycles. The summed E-state index contributed by atoms with van der Waals surface area (Å²) in [4.78, 5) is 25.9. The van der Waals surface area contributed by atoms with Gasteiger partial charge < -0.3 is 19.2 Å². The molecule has 0 unspecified atom stereocenters. The fourth-order valence-electron chi connectivity index (χ4n) is 2.54. The molecule has 2 heterocycles. The van der Waals surface area contributed by atoms with Crippen molar-refractivity contribution in [2.75, 3.05) is 11.4 Å². The summed E-state index contributed by atoms with van der Waals surface area (Å²) in [6.07, 6.45) is 3.01. The Hall–Kier alpha value is -3.02. The third kappa shape index (κ3) is 3.28. The molecule has 0 radical (unpaired) electrons. The molecule has 0 bridgehead atoms. The Labute approximate surface area is 145 Å². The van der Waals surface area contributed by atoms with Crippen LogP contribution in [-0.2, 0) is 9.59 Å². The van der Waals surface area contributed by atoms with Gasteiger partial charge in [-0.15, -0.1) is 0 Å². The highest BCUT2D eigenvalue weighted by molar-refractivity contribution is 6.10. The number of rotatable bonds is 4. The van der Waals surface area contributed by atoms with Gasteiger partial charge in [0, 0.05) is 12.6 Å². The maximum atomic E-state index is 12.9. The van der Waals surface area contributed by atoms with E-state index in [0.29, 0.717) is 17.2 Å². The van der Waals surface area contributed by atoms with Gasteiger partial charge in [-0.2, -0.15) is 0 Å². The third-order valence-electron chi connectivity index (χ3n) is 4.03. The van der Waals surface area contributed by atoms with Crippen molar-refractivity contribution in [3.8, 4) is 5.75 Å².